The molecule has 6 rings (SSSR count). The maximum atomic E-state index is 14.1. The van der Waals surface area contributed by atoms with Crippen LogP contribution in [-0.2, 0) is 25.7 Å². The largest absolute Gasteiger partial charge is 0.459 e. The molecule has 1 heterocycles. The molecule has 1 aliphatic heterocycles. The van der Waals surface area contributed by atoms with E-state index >= 15 is 0 Å². The van der Waals surface area contributed by atoms with Crippen LogP contribution in [0.1, 0.15) is 80.9 Å². The summed E-state index contributed by atoms with van der Waals surface area (Å²) in [7, 11) is 0. The van der Waals surface area contributed by atoms with Gasteiger partial charge in [0.05, 0.1) is 0 Å². The average molecular weight is 595 g/mol. The van der Waals surface area contributed by atoms with Crippen molar-refractivity contribution in [3.63, 3.8) is 0 Å². The molecular weight excluding hydrogens is 552 g/mol. The minimum Gasteiger partial charge on any atom is -0.459 e. The van der Waals surface area contributed by atoms with Gasteiger partial charge in [-0.25, -0.2) is 9.59 Å². The third kappa shape index (κ3) is 6.23. The van der Waals surface area contributed by atoms with E-state index in [1.165, 1.54) is 11.1 Å². The second-order valence-electron chi connectivity index (χ2n) is 12.3. The molecule has 0 N–H and O–H groups in total. The van der Waals surface area contributed by atoms with Crippen LogP contribution in [0.25, 0.3) is 11.1 Å². The van der Waals surface area contributed by atoms with Gasteiger partial charge < -0.3 is 14.4 Å². The van der Waals surface area contributed by atoms with Gasteiger partial charge in [-0.3, -0.25) is 9.69 Å². The minimum absolute atomic E-state index is 0.0589. The van der Waals surface area contributed by atoms with E-state index in [9.17, 15) is 14.4 Å². The summed E-state index contributed by atoms with van der Waals surface area (Å²) in [6, 6.07) is 24.6. The SMILES string of the molecule is C[C@@H](C(=O)N1CCCCC1C(=O)OCc1ccccc1)N(C(=O)OCC1c2ccccc2-c2ccccc21)C1CCCCC1. The van der Waals surface area contributed by atoms with Crippen LogP contribution in [0.2, 0.25) is 0 Å². The van der Waals surface area contributed by atoms with Crippen molar-refractivity contribution in [2.45, 2.75) is 88.9 Å². The molecule has 44 heavy (non-hydrogen) atoms. The van der Waals surface area contributed by atoms with E-state index in [0.717, 1.165) is 61.6 Å². The fourth-order valence-corrected chi connectivity index (χ4v) is 7.28. The zero-order valence-electron chi connectivity index (χ0n) is 25.5. The molecule has 3 aromatic carbocycles. The summed E-state index contributed by atoms with van der Waals surface area (Å²) >= 11 is 0. The molecule has 1 saturated heterocycles. The first-order chi connectivity index (χ1) is 21.5. The molecule has 0 aromatic heterocycles. The molecule has 0 spiro atoms. The van der Waals surface area contributed by atoms with Crippen LogP contribution >= 0.6 is 0 Å². The van der Waals surface area contributed by atoms with Gasteiger partial charge in [0.1, 0.15) is 25.3 Å². The molecule has 3 aliphatic rings. The van der Waals surface area contributed by atoms with Gasteiger partial charge in [-0.2, -0.15) is 0 Å². The van der Waals surface area contributed by atoms with Crippen LogP contribution in [-0.4, -0.2) is 59.0 Å². The van der Waals surface area contributed by atoms with Crippen LogP contribution in [0.15, 0.2) is 78.9 Å². The highest BCUT2D eigenvalue weighted by atomic mass is 16.6. The molecule has 2 fully saturated rings. The Morgan fingerprint density at radius 1 is 0.773 bits per heavy atom. The number of hydrogen-bond donors (Lipinski definition) is 0. The topological polar surface area (TPSA) is 76.2 Å². The quantitative estimate of drug-likeness (QED) is 0.261. The Morgan fingerprint density at radius 3 is 2.07 bits per heavy atom. The van der Waals surface area contributed by atoms with Crippen molar-refractivity contribution < 1.29 is 23.9 Å². The predicted molar refractivity (Wildman–Crippen MR) is 169 cm³/mol. The molecular formula is C37H42N2O5. The Morgan fingerprint density at radius 2 is 1.39 bits per heavy atom. The van der Waals surface area contributed by atoms with E-state index in [2.05, 4.69) is 24.3 Å². The molecule has 1 saturated carbocycles. The third-order valence-corrected chi connectivity index (χ3v) is 9.57. The van der Waals surface area contributed by atoms with Gasteiger partial charge in [0.25, 0.3) is 0 Å². The monoisotopic (exact) mass is 594 g/mol. The second-order valence-corrected chi connectivity index (χ2v) is 12.3. The fraction of sp³-hybridized carbons (Fsp3) is 0.432. The van der Waals surface area contributed by atoms with Crippen molar-refractivity contribution in [3.8, 4) is 11.1 Å². The van der Waals surface area contributed by atoms with Crippen molar-refractivity contribution >= 4 is 18.0 Å². The van der Waals surface area contributed by atoms with Gasteiger partial charge in [-0.05, 0) is 66.8 Å². The minimum atomic E-state index is -0.753. The summed E-state index contributed by atoms with van der Waals surface area (Å²) in [4.78, 5) is 44.7. The molecule has 0 radical (unpaired) electrons. The number of carbonyl (C=O) groups excluding carboxylic acids is 3. The number of piperidine rings is 1. The van der Waals surface area contributed by atoms with E-state index in [0.29, 0.717) is 13.0 Å². The van der Waals surface area contributed by atoms with Crippen LogP contribution < -0.4 is 0 Å². The fourth-order valence-electron chi connectivity index (χ4n) is 7.28. The number of ether oxygens (including phenoxy) is 2. The van der Waals surface area contributed by atoms with Crippen LogP contribution in [0.4, 0.5) is 4.79 Å². The lowest BCUT2D eigenvalue weighted by molar-refractivity contribution is -0.159. The first-order valence-corrected chi connectivity index (χ1v) is 16.2. The smallest absolute Gasteiger partial charge is 0.410 e. The summed E-state index contributed by atoms with van der Waals surface area (Å²) in [6.07, 6.45) is 6.58. The van der Waals surface area contributed by atoms with Crippen molar-refractivity contribution in [2.24, 2.45) is 0 Å². The highest BCUT2D eigenvalue weighted by Crippen LogP contribution is 2.44. The summed E-state index contributed by atoms with van der Waals surface area (Å²) in [5.41, 5.74) is 5.56. The number of amides is 2. The molecule has 2 amide bonds. The Hall–Kier alpha value is -4.13. The number of benzene rings is 3. The summed E-state index contributed by atoms with van der Waals surface area (Å²) in [5, 5.41) is 0. The van der Waals surface area contributed by atoms with Gasteiger partial charge in [0.15, 0.2) is 0 Å². The number of nitrogens with zero attached hydrogens (tertiary/aromatic N) is 2. The lowest BCUT2D eigenvalue weighted by atomic mass is 9.93. The van der Waals surface area contributed by atoms with Crippen molar-refractivity contribution in [1.82, 2.24) is 9.80 Å². The molecule has 2 aliphatic carbocycles. The standard InChI is InChI=1S/C37H42N2O5/c1-26(35(40)38-23-13-12-22-34(38)36(41)43-24-27-14-4-2-5-15-27)39(28-16-6-3-7-17-28)37(42)44-25-33-31-20-10-8-18-29(31)30-19-9-11-21-32(30)33/h2,4-5,8-11,14-15,18-21,26,28,33-34H,3,6-7,12-13,16-17,22-25H2,1H3/t26-,34?/m0/s1. The molecule has 0 bridgehead atoms. The first kappa shape index (κ1) is 29.9. The lowest BCUT2D eigenvalue weighted by Crippen LogP contribution is -2.58. The van der Waals surface area contributed by atoms with Crippen molar-refractivity contribution in [2.75, 3.05) is 13.2 Å². The lowest BCUT2D eigenvalue weighted by Gasteiger charge is -2.41. The second kappa shape index (κ2) is 13.7. The third-order valence-electron chi connectivity index (χ3n) is 9.57. The highest BCUT2D eigenvalue weighted by molar-refractivity contribution is 5.90. The Labute approximate surface area is 260 Å². The van der Waals surface area contributed by atoms with Gasteiger partial charge in [-0.1, -0.05) is 98.1 Å². The van der Waals surface area contributed by atoms with Crippen LogP contribution in [0, 0.1) is 0 Å². The Balaban J connectivity index is 1.18. The zero-order chi connectivity index (χ0) is 30.5. The van der Waals surface area contributed by atoms with Crippen molar-refractivity contribution in [1.29, 1.82) is 0 Å². The van der Waals surface area contributed by atoms with Crippen LogP contribution in [0.3, 0.4) is 0 Å². The summed E-state index contributed by atoms with van der Waals surface area (Å²) in [6.45, 7) is 2.63. The zero-order valence-corrected chi connectivity index (χ0v) is 25.5. The predicted octanol–water partition coefficient (Wildman–Crippen LogP) is 7.08. The molecule has 2 atom stereocenters. The van der Waals surface area contributed by atoms with Gasteiger partial charge in [0, 0.05) is 18.5 Å². The molecule has 3 aromatic rings. The number of likely N-dealkylation sites (tertiary alicyclic amines) is 1. The average Bonchev–Trinajstić information content (AvgIpc) is 3.40. The van der Waals surface area contributed by atoms with E-state index in [1.54, 1.807) is 16.7 Å². The number of hydrogen-bond acceptors (Lipinski definition) is 5. The van der Waals surface area contributed by atoms with E-state index in [-0.39, 0.29) is 37.0 Å². The van der Waals surface area contributed by atoms with Gasteiger partial charge in [0.2, 0.25) is 5.91 Å². The molecule has 7 heteroatoms. The number of fused-ring (bicyclic) bond motifs is 3. The maximum Gasteiger partial charge on any atom is 0.410 e. The molecule has 7 nitrogen and oxygen atoms in total. The van der Waals surface area contributed by atoms with Crippen molar-refractivity contribution in [3.05, 3.63) is 95.6 Å². The maximum absolute atomic E-state index is 14.1. The highest BCUT2D eigenvalue weighted by Gasteiger charge is 2.41. The Bertz CT molecular complexity index is 1420. The first-order valence-electron chi connectivity index (χ1n) is 16.2. The molecule has 230 valence electrons. The van der Waals surface area contributed by atoms with E-state index in [4.69, 9.17) is 9.47 Å². The molecule has 1 unspecified atom stereocenters. The van der Waals surface area contributed by atoms with E-state index in [1.807, 2.05) is 54.6 Å². The number of esters is 1. The van der Waals surface area contributed by atoms with Gasteiger partial charge in [-0.15, -0.1) is 0 Å². The van der Waals surface area contributed by atoms with E-state index < -0.39 is 18.2 Å². The Kier molecular flexibility index (Phi) is 9.29. The van der Waals surface area contributed by atoms with Crippen LogP contribution in [0.5, 0.6) is 0 Å². The van der Waals surface area contributed by atoms with Gasteiger partial charge >= 0.3 is 12.1 Å². The number of carbonyl (C=O) groups is 3. The summed E-state index contributed by atoms with van der Waals surface area (Å²) < 4.78 is 11.8. The number of rotatable bonds is 8. The normalized spacial score (nSPS) is 19.0. The summed E-state index contributed by atoms with van der Waals surface area (Å²) in [5.74, 6) is -0.665.